The summed E-state index contributed by atoms with van der Waals surface area (Å²) in [4.78, 5) is 48.0. The number of rotatable bonds is 11. The lowest BCUT2D eigenvalue weighted by Crippen LogP contribution is -2.54. The summed E-state index contributed by atoms with van der Waals surface area (Å²) in [5, 5.41) is 14.3. The van der Waals surface area contributed by atoms with Crippen LogP contribution in [0.25, 0.3) is 0 Å². The zero-order valence-electron chi connectivity index (χ0n) is 17.7. The molecule has 0 aliphatic carbocycles. The number of amides is 2. The van der Waals surface area contributed by atoms with E-state index in [1.807, 2.05) is 18.2 Å². The standard InChI is InChI=1S/C21H30N2O7/c1-5-29-20(27)14(4)11-16(19(25)26)22-18(24)17(13(2)3)23-21(28)30-12-15-9-7-6-8-10-15/h6-10,13-14,16-17H,5,11-12H2,1-4H3,(H,22,24)(H,23,28)(H,25,26)/t14-,16-,17-/m0/s1. The van der Waals surface area contributed by atoms with Crippen molar-refractivity contribution in [2.45, 2.75) is 52.8 Å². The number of ether oxygens (including phenoxy) is 2. The molecule has 2 amide bonds. The molecule has 0 aromatic heterocycles. The number of nitrogens with one attached hydrogen (secondary N) is 2. The van der Waals surface area contributed by atoms with Gasteiger partial charge in [-0.3, -0.25) is 9.59 Å². The lowest BCUT2D eigenvalue weighted by atomic mass is 9.99. The molecule has 3 N–H and O–H groups in total. The van der Waals surface area contributed by atoms with Crippen molar-refractivity contribution in [1.29, 1.82) is 0 Å². The largest absolute Gasteiger partial charge is 0.480 e. The van der Waals surface area contributed by atoms with Crippen molar-refractivity contribution in [3.8, 4) is 0 Å². The number of esters is 1. The molecule has 9 nitrogen and oxygen atoms in total. The van der Waals surface area contributed by atoms with Gasteiger partial charge in [-0.2, -0.15) is 0 Å². The zero-order chi connectivity index (χ0) is 22.7. The third-order valence-corrected chi connectivity index (χ3v) is 4.33. The van der Waals surface area contributed by atoms with Gasteiger partial charge in [0.15, 0.2) is 0 Å². The van der Waals surface area contributed by atoms with Crippen molar-refractivity contribution in [2.24, 2.45) is 11.8 Å². The van der Waals surface area contributed by atoms with Gasteiger partial charge < -0.3 is 25.2 Å². The molecule has 0 saturated carbocycles. The molecule has 0 heterocycles. The fourth-order valence-corrected chi connectivity index (χ4v) is 2.64. The van der Waals surface area contributed by atoms with E-state index >= 15 is 0 Å². The number of alkyl carbamates (subject to hydrolysis) is 1. The number of hydrogen-bond acceptors (Lipinski definition) is 6. The van der Waals surface area contributed by atoms with Crippen LogP contribution < -0.4 is 10.6 Å². The maximum absolute atomic E-state index is 12.6. The van der Waals surface area contributed by atoms with E-state index in [0.717, 1.165) is 5.56 Å². The Kier molecular flexibility index (Phi) is 10.4. The van der Waals surface area contributed by atoms with Crippen LogP contribution in [-0.4, -0.2) is 47.7 Å². The van der Waals surface area contributed by atoms with Crippen LogP contribution in [0, 0.1) is 11.8 Å². The Morgan fingerprint density at radius 2 is 1.63 bits per heavy atom. The summed E-state index contributed by atoms with van der Waals surface area (Å²) in [6, 6.07) is 6.73. The highest BCUT2D eigenvalue weighted by Crippen LogP contribution is 2.11. The van der Waals surface area contributed by atoms with Gasteiger partial charge in [-0.05, 0) is 24.8 Å². The molecule has 0 aliphatic rings. The number of carboxylic acid groups (broad SMARTS) is 1. The number of benzene rings is 1. The highest BCUT2D eigenvalue weighted by Gasteiger charge is 2.31. The molecule has 0 unspecified atom stereocenters. The Morgan fingerprint density at radius 3 is 2.17 bits per heavy atom. The van der Waals surface area contributed by atoms with Crippen molar-refractivity contribution in [1.82, 2.24) is 10.6 Å². The van der Waals surface area contributed by atoms with Gasteiger partial charge >= 0.3 is 18.0 Å². The number of carboxylic acids is 1. The molecule has 1 aromatic carbocycles. The lowest BCUT2D eigenvalue weighted by Gasteiger charge is -2.24. The van der Waals surface area contributed by atoms with E-state index in [0.29, 0.717) is 0 Å². The maximum Gasteiger partial charge on any atom is 0.408 e. The van der Waals surface area contributed by atoms with E-state index in [1.54, 1.807) is 32.9 Å². The van der Waals surface area contributed by atoms with Crippen molar-refractivity contribution in [3.05, 3.63) is 35.9 Å². The second-order valence-corrected chi connectivity index (χ2v) is 7.22. The summed E-state index contributed by atoms with van der Waals surface area (Å²) in [5.74, 6) is -3.54. The fourth-order valence-electron chi connectivity index (χ4n) is 2.64. The van der Waals surface area contributed by atoms with E-state index in [2.05, 4.69) is 10.6 Å². The molecule has 0 radical (unpaired) electrons. The molecule has 9 heteroatoms. The van der Waals surface area contributed by atoms with Gasteiger partial charge in [-0.15, -0.1) is 0 Å². The zero-order valence-corrected chi connectivity index (χ0v) is 17.7. The minimum absolute atomic E-state index is 0.0356. The number of carbonyl (C=O) groups excluding carboxylic acids is 3. The van der Waals surface area contributed by atoms with Crippen LogP contribution in [0.2, 0.25) is 0 Å². The van der Waals surface area contributed by atoms with Crippen molar-refractivity contribution in [2.75, 3.05) is 6.61 Å². The van der Waals surface area contributed by atoms with Crippen molar-refractivity contribution in [3.63, 3.8) is 0 Å². The normalized spacial score (nSPS) is 13.6. The number of carbonyl (C=O) groups is 4. The molecule has 1 rings (SSSR count). The highest BCUT2D eigenvalue weighted by atomic mass is 16.5. The Labute approximate surface area is 176 Å². The molecule has 3 atom stereocenters. The van der Waals surface area contributed by atoms with Crippen LogP contribution >= 0.6 is 0 Å². The quantitative estimate of drug-likeness (QED) is 0.465. The first-order valence-electron chi connectivity index (χ1n) is 9.82. The third kappa shape index (κ3) is 8.50. The smallest absolute Gasteiger partial charge is 0.408 e. The van der Waals surface area contributed by atoms with E-state index in [9.17, 15) is 24.3 Å². The summed E-state index contributed by atoms with van der Waals surface area (Å²) >= 11 is 0. The maximum atomic E-state index is 12.6. The summed E-state index contributed by atoms with van der Waals surface area (Å²) < 4.78 is 10.00. The van der Waals surface area contributed by atoms with Crippen LogP contribution in [-0.2, 0) is 30.5 Å². The molecule has 0 bridgehead atoms. The molecule has 0 saturated heterocycles. The highest BCUT2D eigenvalue weighted by molar-refractivity contribution is 5.89. The monoisotopic (exact) mass is 422 g/mol. The van der Waals surface area contributed by atoms with Gasteiger partial charge in [0.25, 0.3) is 0 Å². The lowest BCUT2D eigenvalue weighted by molar-refractivity contribution is -0.149. The van der Waals surface area contributed by atoms with E-state index in [-0.39, 0.29) is 25.6 Å². The average Bonchev–Trinajstić information content (AvgIpc) is 2.70. The van der Waals surface area contributed by atoms with Crippen LogP contribution in [0.1, 0.15) is 39.7 Å². The van der Waals surface area contributed by atoms with Gasteiger partial charge in [0, 0.05) is 0 Å². The summed E-state index contributed by atoms with van der Waals surface area (Å²) in [7, 11) is 0. The second-order valence-electron chi connectivity index (χ2n) is 7.22. The van der Waals surface area contributed by atoms with Crippen LogP contribution in [0.3, 0.4) is 0 Å². The van der Waals surface area contributed by atoms with Crippen molar-refractivity contribution < 1.29 is 33.8 Å². The molecular formula is C21H30N2O7. The molecule has 0 aliphatic heterocycles. The van der Waals surface area contributed by atoms with E-state index < -0.39 is 41.9 Å². The summed E-state index contributed by atoms with van der Waals surface area (Å²) in [6.07, 6.45) is -0.928. The third-order valence-electron chi connectivity index (χ3n) is 4.33. The Balaban J connectivity index is 2.70. The predicted molar refractivity (Wildman–Crippen MR) is 108 cm³/mol. The second kappa shape index (κ2) is 12.5. The Morgan fingerprint density at radius 1 is 1.00 bits per heavy atom. The number of aliphatic carboxylic acids is 1. The summed E-state index contributed by atoms with van der Waals surface area (Å²) in [6.45, 7) is 6.80. The molecule has 1 aromatic rings. The van der Waals surface area contributed by atoms with Crippen LogP contribution in [0.4, 0.5) is 4.79 Å². The predicted octanol–water partition coefficient (Wildman–Crippen LogP) is 2.10. The topological polar surface area (TPSA) is 131 Å². The van der Waals surface area contributed by atoms with Gasteiger partial charge in [0.2, 0.25) is 5.91 Å². The first-order valence-corrected chi connectivity index (χ1v) is 9.82. The Hall–Kier alpha value is -3.10. The van der Waals surface area contributed by atoms with Crippen LogP contribution in [0.5, 0.6) is 0 Å². The van der Waals surface area contributed by atoms with Crippen LogP contribution in [0.15, 0.2) is 30.3 Å². The summed E-state index contributed by atoms with van der Waals surface area (Å²) in [5.41, 5.74) is 0.789. The first kappa shape index (κ1) is 24.9. The first-order chi connectivity index (χ1) is 14.1. The fraction of sp³-hybridized carbons (Fsp3) is 0.524. The number of hydrogen-bond donors (Lipinski definition) is 3. The average molecular weight is 422 g/mol. The van der Waals surface area contributed by atoms with E-state index in [4.69, 9.17) is 9.47 Å². The molecule has 166 valence electrons. The van der Waals surface area contributed by atoms with Gasteiger partial charge in [0.1, 0.15) is 18.7 Å². The Bertz CT molecular complexity index is 721. The van der Waals surface area contributed by atoms with Gasteiger partial charge in [-0.1, -0.05) is 51.1 Å². The molecule has 0 spiro atoms. The molecular weight excluding hydrogens is 392 g/mol. The SMILES string of the molecule is CCOC(=O)[C@@H](C)C[C@H](NC(=O)[C@@H](NC(=O)OCc1ccccc1)C(C)C)C(=O)O. The minimum atomic E-state index is -1.31. The van der Waals surface area contributed by atoms with E-state index in [1.165, 1.54) is 6.92 Å². The van der Waals surface area contributed by atoms with Crippen molar-refractivity contribution >= 4 is 23.9 Å². The molecule has 0 fully saturated rings. The minimum Gasteiger partial charge on any atom is -0.480 e. The van der Waals surface area contributed by atoms with Gasteiger partial charge in [0.05, 0.1) is 12.5 Å². The molecule has 30 heavy (non-hydrogen) atoms. The van der Waals surface area contributed by atoms with Gasteiger partial charge in [-0.25, -0.2) is 9.59 Å².